The molecule has 4 heteroatoms. The first-order valence-corrected chi connectivity index (χ1v) is 7.01. The number of nitrogens with zero attached hydrogens (tertiary/aromatic N) is 3. The van der Waals surface area contributed by atoms with Crippen LogP contribution in [0.3, 0.4) is 0 Å². The first-order valence-electron chi connectivity index (χ1n) is 7.01. The van der Waals surface area contributed by atoms with E-state index >= 15 is 0 Å². The summed E-state index contributed by atoms with van der Waals surface area (Å²) in [6, 6.07) is 7.94. The van der Waals surface area contributed by atoms with Crippen LogP contribution in [-0.4, -0.2) is 41.0 Å². The van der Waals surface area contributed by atoms with Gasteiger partial charge in [0.05, 0.1) is 17.2 Å². The van der Waals surface area contributed by atoms with Crippen LogP contribution < -0.4 is 5.32 Å². The Labute approximate surface area is 114 Å². The van der Waals surface area contributed by atoms with Gasteiger partial charge in [-0.1, -0.05) is 26.0 Å². The molecular formula is C15H22N4. The Morgan fingerprint density at radius 3 is 2.58 bits per heavy atom. The Hall–Kier alpha value is -1.68. The lowest BCUT2D eigenvalue weighted by molar-refractivity contribution is 0.303. The van der Waals surface area contributed by atoms with Crippen molar-refractivity contribution in [3.05, 3.63) is 30.5 Å². The van der Waals surface area contributed by atoms with Crippen LogP contribution in [0.4, 0.5) is 5.82 Å². The van der Waals surface area contributed by atoms with Crippen LogP contribution in [0.25, 0.3) is 11.0 Å². The number of nitrogens with one attached hydrogen (secondary N) is 1. The van der Waals surface area contributed by atoms with E-state index < -0.39 is 0 Å². The second-order valence-electron chi connectivity index (χ2n) is 4.55. The van der Waals surface area contributed by atoms with Crippen molar-refractivity contribution in [1.29, 1.82) is 0 Å². The van der Waals surface area contributed by atoms with Crippen LogP contribution in [0, 0.1) is 0 Å². The maximum absolute atomic E-state index is 4.54. The van der Waals surface area contributed by atoms with Crippen molar-refractivity contribution in [1.82, 2.24) is 14.9 Å². The molecule has 1 aromatic heterocycles. The fourth-order valence-corrected chi connectivity index (χ4v) is 2.10. The molecule has 102 valence electrons. The van der Waals surface area contributed by atoms with Gasteiger partial charge in [0.1, 0.15) is 5.82 Å². The summed E-state index contributed by atoms with van der Waals surface area (Å²) in [5.74, 6) is 0.859. The predicted molar refractivity (Wildman–Crippen MR) is 80.4 cm³/mol. The highest BCUT2D eigenvalue weighted by Gasteiger charge is 2.00. The summed E-state index contributed by atoms with van der Waals surface area (Å²) in [6.07, 6.45) is 2.93. The lowest BCUT2D eigenvalue weighted by Gasteiger charge is -2.17. The number of para-hydroxylation sites is 2. The van der Waals surface area contributed by atoms with Gasteiger partial charge in [0, 0.05) is 6.54 Å². The molecule has 1 aromatic carbocycles. The zero-order valence-corrected chi connectivity index (χ0v) is 11.8. The maximum Gasteiger partial charge on any atom is 0.145 e. The topological polar surface area (TPSA) is 41.0 Å². The van der Waals surface area contributed by atoms with Crippen LogP contribution in [0.5, 0.6) is 0 Å². The largest absolute Gasteiger partial charge is 0.369 e. The van der Waals surface area contributed by atoms with Crippen LogP contribution in [-0.2, 0) is 0 Å². The number of hydrogen-bond acceptors (Lipinski definition) is 4. The fourth-order valence-electron chi connectivity index (χ4n) is 2.10. The maximum atomic E-state index is 4.54. The fraction of sp³-hybridized carbons (Fsp3) is 0.467. The second kappa shape index (κ2) is 7.04. The number of fused-ring (bicyclic) bond motifs is 1. The molecule has 0 saturated carbocycles. The van der Waals surface area contributed by atoms with E-state index in [1.807, 2.05) is 24.3 Å². The van der Waals surface area contributed by atoms with Crippen molar-refractivity contribution in [3.63, 3.8) is 0 Å². The molecule has 4 nitrogen and oxygen atoms in total. The molecule has 0 amide bonds. The summed E-state index contributed by atoms with van der Waals surface area (Å²) in [4.78, 5) is 11.4. The SMILES string of the molecule is CCN(CC)CCCNc1cnc2ccccc2n1. The van der Waals surface area contributed by atoms with Crippen LogP contribution >= 0.6 is 0 Å². The van der Waals surface area contributed by atoms with Crippen molar-refractivity contribution >= 4 is 16.9 Å². The molecule has 0 bridgehead atoms. The third-order valence-corrected chi connectivity index (χ3v) is 3.30. The van der Waals surface area contributed by atoms with E-state index in [1.54, 1.807) is 6.20 Å². The first kappa shape index (κ1) is 13.7. The molecule has 0 fully saturated rings. The van der Waals surface area contributed by atoms with Crippen molar-refractivity contribution in [2.45, 2.75) is 20.3 Å². The Bertz CT molecular complexity index is 508. The highest BCUT2D eigenvalue weighted by Crippen LogP contribution is 2.11. The van der Waals surface area contributed by atoms with E-state index in [9.17, 15) is 0 Å². The van der Waals surface area contributed by atoms with Gasteiger partial charge in [-0.05, 0) is 38.2 Å². The predicted octanol–water partition coefficient (Wildman–Crippen LogP) is 2.77. The monoisotopic (exact) mass is 258 g/mol. The third-order valence-electron chi connectivity index (χ3n) is 3.30. The molecule has 1 N–H and O–H groups in total. The summed E-state index contributed by atoms with van der Waals surface area (Å²) >= 11 is 0. The highest BCUT2D eigenvalue weighted by atomic mass is 15.1. The van der Waals surface area contributed by atoms with E-state index in [4.69, 9.17) is 0 Å². The molecule has 0 aliphatic carbocycles. The molecule has 2 aromatic rings. The number of anilines is 1. The first-order chi connectivity index (χ1) is 9.33. The van der Waals surface area contributed by atoms with Gasteiger partial charge in [0.25, 0.3) is 0 Å². The Morgan fingerprint density at radius 1 is 1.11 bits per heavy atom. The van der Waals surface area contributed by atoms with Crippen LogP contribution in [0.1, 0.15) is 20.3 Å². The van der Waals surface area contributed by atoms with Crippen molar-refractivity contribution in [2.24, 2.45) is 0 Å². The normalized spacial score (nSPS) is 11.1. The number of benzene rings is 1. The minimum atomic E-state index is 0.859. The third kappa shape index (κ3) is 3.89. The summed E-state index contributed by atoms with van der Waals surface area (Å²) in [6.45, 7) is 8.70. The molecule has 2 rings (SSSR count). The summed E-state index contributed by atoms with van der Waals surface area (Å²) < 4.78 is 0. The minimum absolute atomic E-state index is 0.859. The zero-order chi connectivity index (χ0) is 13.5. The number of aromatic nitrogens is 2. The molecule has 0 atom stereocenters. The van der Waals surface area contributed by atoms with Gasteiger partial charge < -0.3 is 10.2 Å². The van der Waals surface area contributed by atoms with Crippen LogP contribution in [0.2, 0.25) is 0 Å². The second-order valence-corrected chi connectivity index (χ2v) is 4.55. The van der Waals surface area contributed by atoms with Crippen LogP contribution in [0.15, 0.2) is 30.5 Å². The van der Waals surface area contributed by atoms with E-state index in [-0.39, 0.29) is 0 Å². The smallest absolute Gasteiger partial charge is 0.145 e. The van der Waals surface area contributed by atoms with Gasteiger partial charge in [-0.2, -0.15) is 0 Å². The molecule has 19 heavy (non-hydrogen) atoms. The van der Waals surface area contributed by atoms with E-state index in [1.165, 1.54) is 0 Å². The summed E-state index contributed by atoms with van der Waals surface area (Å²) in [5.41, 5.74) is 1.88. The number of hydrogen-bond donors (Lipinski definition) is 1. The summed E-state index contributed by atoms with van der Waals surface area (Å²) in [7, 11) is 0. The average Bonchev–Trinajstić information content (AvgIpc) is 2.47. The summed E-state index contributed by atoms with van der Waals surface area (Å²) in [5, 5.41) is 3.34. The van der Waals surface area contributed by atoms with Gasteiger partial charge in [0.2, 0.25) is 0 Å². The molecule has 0 spiro atoms. The molecule has 1 heterocycles. The van der Waals surface area contributed by atoms with Gasteiger partial charge >= 0.3 is 0 Å². The zero-order valence-electron chi connectivity index (χ0n) is 11.8. The van der Waals surface area contributed by atoms with E-state index in [0.29, 0.717) is 0 Å². The van der Waals surface area contributed by atoms with Crippen molar-refractivity contribution in [3.8, 4) is 0 Å². The van der Waals surface area contributed by atoms with Gasteiger partial charge in [-0.3, -0.25) is 4.98 Å². The lowest BCUT2D eigenvalue weighted by Crippen LogP contribution is -2.25. The van der Waals surface area contributed by atoms with Gasteiger partial charge in [-0.15, -0.1) is 0 Å². The van der Waals surface area contributed by atoms with Crippen molar-refractivity contribution < 1.29 is 0 Å². The van der Waals surface area contributed by atoms with E-state index in [0.717, 1.165) is 49.5 Å². The highest BCUT2D eigenvalue weighted by molar-refractivity contribution is 5.75. The molecular weight excluding hydrogens is 236 g/mol. The average molecular weight is 258 g/mol. The lowest BCUT2D eigenvalue weighted by atomic mass is 10.3. The number of rotatable bonds is 7. The quantitative estimate of drug-likeness (QED) is 0.775. The standard InChI is InChI=1S/C15H22N4/c1-3-19(4-2)11-7-10-16-15-12-17-13-8-5-6-9-14(13)18-15/h5-6,8-9,12H,3-4,7,10-11H2,1-2H3,(H,16,18). The Balaban J connectivity index is 1.84. The minimum Gasteiger partial charge on any atom is -0.369 e. The van der Waals surface area contributed by atoms with E-state index in [2.05, 4.69) is 34.0 Å². The van der Waals surface area contributed by atoms with Gasteiger partial charge in [-0.25, -0.2) is 4.98 Å². The molecule has 0 unspecified atom stereocenters. The Kier molecular flexibility index (Phi) is 5.10. The molecule has 0 aliphatic rings. The molecule has 0 radical (unpaired) electrons. The van der Waals surface area contributed by atoms with Gasteiger partial charge in [0.15, 0.2) is 0 Å². The molecule has 0 aliphatic heterocycles. The Morgan fingerprint density at radius 2 is 1.84 bits per heavy atom. The molecule has 0 saturated heterocycles. The van der Waals surface area contributed by atoms with Crippen molar-refractivity contribution in [2.75, 3.05) is 31.5 Å².